The second kappa shape index (κ2) is 12.3. The van der Waals surface area contributed by atoms with E-state index in [4.69, 9.17) is 24.9 Å². The summed E-state index contributed by atoms with van der Waals surface area (Å²) in [4.78, 5) is 25.1. The molecule has 0 fully saturated rings. The van der Waals surface area contributed by atoms with Gasteiger partial charge in [-0.25, -0.2) is 24.9 Å². The van der Waals surface area contributed by atoms with Crippen LogP contribution in [0.1, 0.15) is 0 Å². The van der Waals surface area contributed by atoms with Gasteiger partial charge in [0.1, 0.15) is 0 Å². The molecule has 0 unspecified atom stereocenters. The topological polar surface area (TPSA) is 64.5 Å². The lowest BCUT2D eigenvalue weighted by atomic mass is 10.0. The van der Waals surface area contributed by atoms with Crippen LogP contribution in [0.5, 0.6) is 0 Å². The van der Waals surface area contributed by atoms with Crippen molar-refractivity contribution in [2.24, 2.45) is 0 Å². The molecule has 3 heterocycles. The average Bonchev–Trinajstić information content (AvgIpc) is 3.57. The molecule has 0 amide bonds. The lowest BCUT2D eigenvalue weighted by molar-refractivity contribution is 1.07. The fourth-order valence-electron chi connectivity index (χ4n) is 6.10. The molecule has 0 N–H and O–H groups in total. The summed E-state index contributed by atoms with van der Waals surface area (Å²) in [7, 11) is 0. The highest BCUT2D eigenvalue weighted by molar-refractivity contribution is 7.25. The van der Waals surface area contributed by atoms with Crippen LogP contribution in [0.3, 0.4) is 0 Å². The Bertz CT molecular complexity index is 2540. The molecule has 9 rings (SSSR count). The van der Waals surface area contributed by atoms with Crippen molar-refractivity contribution in [1.82, 2.24) is 24.9 Å². The van der Waals surface area contributed by atoms with Crippen LogP contribution in [0.25, 0.3) is 88.2 Å². The standard InChI is InChI=1S/C43H27N5S/c1-4-13-28(14-5-1)36-27-37(45-40(44-36)29-15-6-2-7-16-29)31-19-12-20-32(25-31)42-46-41(30-17-8-3-9-18-30)47-43(48-42)33-23-24-35-34-21-10-11-22-38(34)49-39(35)26-33/h1-27H. The zero-order valence-corrected chi connectivity index (χ0v) is 27.0. The molecule has 5 nitrogen and oxygen atoms in total. The summed E-state index contributed by atoms with van der Waals surface area (Å²) in [5, 5.41) is 2.51. The van der Waals surface area contributed by atoms with Crippen molar-refractivity contribution in [3.05, 3.63) is 164 Å². The van der Waals surface area contributed by atoms with Crippen molar-refractivity contribution in [3.8, 4) is 68.1 Å². The largest absolute Gasteiger partial charge is 0.228 e. The molecule has 3 aromatic heterocycles. The van der Waals surface area contributed by atoms with Crippen molar-refractivity contribution in [1.29, 1.82) is 0 Å². The SMILES string of the molecule is c1ccc(-c2cc(-c3cccc(-c4nc(-c5ccccc5)nc(-c5ccc6c(c5)sc5ccccc56)n4)c3)nc(-c3ccccc3)n2)cc1. The Hall–Kier alpha value is -6.37. The summed E-state index contributed by atoms with van der Waals surface area (Å²) in [6.07, 6.45) is 0. The second-order valence-electron chi connectivity index (χ2n) is 11.8. The van der Waals surface area contributed by atoms with Crippen molar-refractivity contribution in [2.45, 2.75) is 0 Å². The summed E-state index contributed by atoms with van der Waals surface area (Å²) < 4.78 is 2.47. The molecule has 0 bridgehead atoms. The molecule has 0 spiro atoms. The molecular weight excluding hydrogens is 619 g/mol. The molecule has 49 heavy (non-hydrogen) atoms. The maximum Gasteiger partial charge on any atom is 0.164 e. The van der Waals surface area contributed by atoms with Crippen molar-refractivity contribution < 1.29 is 0 Å². The predicted molar refractivity (Wildman–Crippen MR) is 201 cm³/mol. The highest BCUT2D eigenvalue weighted by Crippen LogP contribution is 2.36. The van der Waals surface area contributed by atoms with Crippen LogP contribution < -0.4 is 0 Å². The van der Waals surface area contributed by atoms with Gasteiger partial charge in [-0.2, -0.15) is 0 Å². The van der Waals surface area contributed by atoms with Gasteiger partial charge in [0.05, 0.1) is 11.4 Å². The molecule has 0 saturated heterocycles. The van der Waals surface area contributed by atoms with E-state index in [2.05, 4.69) is 72.8 Å². The minimum absolute atomic E-state index is 0.600. The number of thiophene rings is 1. The number of benzene rings is 6. The van der Waals surface area contributed by atoms with Crippen molar-refractivity contribution in [3.63, 3.8) is 0 Å². The fourth-order valence-corrected chi connectivity index (χ4v) is 7.25. The van der Waals surface area contributed by atoms with Crippen LogP contribution in [0.4, 0.5) is 0 Å². The number of fused-ring (bicyclic) bond motifs is 3. The minimum Gasteiger partial charge on any atom is -0.228 e. The van der Waals surface area contributed by atoms with E-state index in [0.29, 0.717) is 23.3 Å². The van der Waals surface area contributed by atoms with Gasteiger partial charge in [-0.05, 0) is 24.3 Å². The maximum absolute atomic E-state index is 5.07. The van der Waals surface area contributed by atoms with E-state index in [-0.39, 0.29) is 0 Å². The first-order valence-electron chi connectivity index (χ1n) is 16.1. The Morgan fingerprint density at radius 3 is 1.43 bits per heavy atom. The number of hydrogen-bond acceptors (Lipinski definition) is 6. The smallest absolute Gasteiger partial charge is 0.164 e. The summed E-state index contributed by atoms with van der Waals surface area (Å²) in [6, 6.07) is 55.7. The van der Waals surface area contributed by atoms with Gasteiger partial charge >= 0.3 is 0 Å². The normalized spacial score (nSPS) is 11.3. The summed E-state index contributed by atoms with van der Waals surface area (Å²) in [6.45, 7) is 0. The molecule has 0 aliphatic rings. The van der Waals surface area contributed by atoms with E-state index >= 15 is 0 Å². The van der Waals surface area contributed by atoms with E-state index in [1.165, 1.54) is 20.2 Å². The van der Waals surface area contributed by atoms with Gasteiger partial charge in [-0.15, -0.1) is 11.3 Å². The third-order valence-electron chi connectivity index (χ3n) is 8.55. The third-order valence-corrected chi connectivity index (χ3v) is 9.68. The van der Waals surface area contributed by atoms with Gasteiger partial charge in [0.15, 0.2) is 23.3 Å². The monoisotopic (exact) mass is 645 g/mol. The van der Waals surface area contributed by atoms with Gasteiger partial charge in [-0.1, -0.05) is 140 Å². The fraction of sp³-hybridized carbons (Fsp3) is 0. The van der Waals surface area contributed by atoms with Gasteiger partial charge in [0, 0.05) is 53.6 Å². The molecule has 9 aromatic rings. The number of aromatic nitrogens is 5. The van der Waals surface area contributed by atoms with Crippen LogP contribution in [-0.2, 0) is 0 Å². The molecule has 0 aliphatic carbocycles. The Morgan fingerprint density at radius 1 is 0.286 bits per heavy atom. The van der Waals surface area contributed by atoms with Crippen molar-refractivity contribution >= 4 is 31.5 Å². The predicted octanol–water partition coefficient (Wildman–Crippen LogP) is 11.0. The molecule has 0 aliphatic heterocycles. The van der Waals surface area contributed by atoms with Gasteiger partial charge in [0.2, 0.25) is 0 Å². The second-order valence-corrected chi connectivity index (χ2v) is 12.8. The minimum atomic E-state index is 0.600. The van der Waals surface area contributed by atoms with Crippen molar-refractivity contribution in [2.75, 3.05) is 0 Å². The lowest BCUT2D eigenvalue weighted by Gasteiger charge is -2.11. The van der Waals surface area contributed by atoms with Crippen LogP contribution in [0.15, 0.2) is 164 Å². The summed E-state index contributed by atoms with van der Waals surface area (Å²) in [5.74, 6) is 2.53. The number of rotatable bonds is 6. The Balaban J connectivity index is 1.18. The third kappa shape index (κ3) is 5.64. The summed E-state index contributed by atoms with van der Waals surface area (Å²) in [5.41, 5.74) is 7.39. The van der Waals surface area contributed by atoms with E-state index in [1.807, 2.05) is 91.0 Å². The highest BCUT2D eigenvalue weighted by atomic mass is 32.1. The molecule has 6 aromatic carbocycles. The molecular formula is C43H27N5S. The average molecular weight is 646 g/mol. The first-order valence-corrected chi connectivity index (χ1v) is 16.9. The molecule has 0 saturated carbocycles. The first kappa shape index (κ1) is 28.8. The Morgan fingerprint density at radius 2 is 0.755 bits per heavy atom. The van der Waals surface area contributed by atoms with E-state index in [0.717, 1.165) is 44.8 Å². The summed E-state index contributed by atoms with van der Waals surface area (Å²) >= 11 is 1.79. The first-order chi connectivity index (χ1) is 24.2. The van der Waals surface area contributed by atoms with Crippen LogP contribution in [-0.4, -0.2) is 24.9 Å². The van der Waals surface area contributed by atoms with E-state index in [9.17, 15) is 0 Å². The Labute approximate surface area is 287 Å². The molecule has 0 atom stereocenters. The quantitative estimate of drug-likeness (QED) is 0.180. The van der Waals surface area contributed by atoms with E-state index < -0.39 is 0 Å². The van der Waals surface area contributed by atoms with Crippen LogP contribution >= 0.6 is 11.3 Å². The molecule has 6 heteroatoms. The number of nitrogens with zero attached hydrogens (tertiary/aromatic N) is 5. The van der Waals surface area contributed by atoms with Crippen LogP contribution in [0.2, 0.25) is 0 Å². The van der Waals surface area contributed by atoms with Gasteiger partial charge in [-0.3, -0.25) is 0 Å². The van der Waals surface area contributed by atoms with Gasteiger partial charge in [0.25, 0.3) is 0 Å². The van der Waals surface area contributed by atoms with E-state index in [1.54, 1.807) is 11.3 Å². The highest BCUT2D eigenvalue weighted by Gasteiger charge is 2.16. The zero-order chi connectivity index (χ0) is 32.6. The molecule has 230 valence electrons. The maximum atomic E-state index is 5.07. The zero-order valence-electron chi connectivity index (χ0n) is 26.2. The van der Waals surface area contributed by atoms with Crippen LogP contribution in [0, 0.1) is 0 Å². The Kier molecular flexibility index (Phi) is 7.26. The number of hydrogen-bond donors (Lipinski definition) is 0. The molecule has 0 radical (unpaired) electrons. The van der Waals surface area contributed by atoms with Gasteiger partial charge < -0.3 is 0 Å². The lowest BCUT2D eigenvalue weighted by Crippen LogP contribution is -2.00.